The van der Waals surface area contributed by atoms with Crippen LogP contribution in [0.15, 0.2) is 84.9 Å². The van der Waals surface area contributed by atoms with Gasteiger partial charge in [-0.1, -0.05) is 86.1 Å². The summed E-state index contributed by atoms with van der Waals surface area (Å²) in [6.45, 7) is 5.87. The summed E-state index contributed by atoms with van der Waals surface area (Å²) in [5.74, 6) is 0.814. The highest BCUT2D eigenvalue weighted by Crippen LogP contribution is 2.41. The molecule has 1 aliphatic rings. The maximum Gasteiger partial charge on any atom is 0.119 e. The van der Waals surface area contributed by atoms with Crippen molar-refractivity contribution in [1.82, 2.24) is 4.90 Å². The zero-order valence-electron chi connectivity index (χ0n) is 19.8. The predicted molar refractivity (Wildman–Crippen MR) is 136 cm³/mol. The summed E-state index contributed by atoms with van der Waals surface area (Å²) in [7, 11) is 0. The van der Waals surface area contributed by atoms with Crippen LogP contribution in [0.4, 0.5) is 0 Å². The summed E-state index contributed by atoms with van der Waals surface area (Å²) in [5, 5.41) is 12.6. The van der Waals surface area contributed by atoms with Crippen LogP contribution in [0.25, 0.3) is 0 Å². The molecule has 0 aliphatic carbocycles. The first-order valence-corrected chi connectivity index (χ1v) is 12.5. The number of piperidine rings is 1. The van der Waals surface area contributed by atoms with Gasteiger partial charge in [0.15, 0.2) is 0 Å². The lowest BCUT2D eigenvalue weighted by Gasteiger charge is -2.41. The molecule has 1 fully saturated rings. The molecule has 3 aromatic carbocycles. The quantitative estimate of drug-likeness (QED) is 0.406. The fourth-order valence-corrected chi connectivity index (χ4v) is 5.01. The van der Waals surface area contributed by atoms with E-state index in [1.54, 1.807) is 0 Å². The van der Waals surface area contributed by atoms with Crippen LogP contribution in [-0.4, -0.2) is 36.2 Å². The fraction of sp³-hybridized carbons (Fsp3) is 0.400. The Bertz CT molecular complexity index is 952. The van der Waals surface area contributed by atoms with Crippen LogP contribution in [0.2, 0.25) is 0 Å². The van der Waals surface area contributed by atoms with Crippen molar-refractivity contribution in [3.63, 3.8) is 0 Å². The number of ether oxygens (including phenoxy) is 1. The minimum absolute atomic E-state index is 0.0422. The molecular formula is C30H37NO2. The molecule has 2 atom stereocenters. The van der Waals surface area contributed by atoms with Crippen LogP contribution in [0.3, 0.4) is 0 Å². The van der Waals surface area contributed by atoms with Gasteiger partial charge < -0.3 is 14.7 Å². The standard InChI is InChI=1S/C30H37NO2/c1-2-22-33-28-18-16-27(17-19-28)30(32,23-25-12-6-3-7-13-25)29(26-14-8-4-9-15-26)24-31-20-10-5-11-21-31/h3-4,6-9,12-19,29,32H,2,5,10-11,20-24H2,1H3/t29-,30-/m1/s1. The third-order valence-electron chi connectivity index (χ3n) is 6.81. The third kappa shape index (κ3) is 6.04. The lowest BCUT2D eigenvalue weighted by molar-refractivity contribution is -0.00677. The summed E-state index contributed by atoms with van der Waals surface area (Å²) in [5.41, 5.74) is 2.24. The Morgan fingerprint density at radius 2 is 1.48 bits per heavy atom. The van der Waals surface area contributed by atoms with Crippen molar-refractivity contribution in [2.75, 3.05) is 26.2 Å². The van der Waals surface area contributed by atoms with Crippen molar-refractivity contribution < 1.29 is 9.84 Å². The van der Waals surface area contributed by atoms with E-state index in [1.165, 1.54) is 24.8 Å². The van der Waals surface area contributed by atoms with Crippen LogP contribution in [0, 0.1) is 0 Å². The molecule has 0 unspecified atom stereocenters. The van der Waals surface area contributed by atoms with E-state index < -0.39 is 5.60 Å². The van der Waals surface area contributed by atoms with E-state index in [0.29, 0.717) is 13.0 Å². The van der Waals surface area contributed by atoms with Gasteiger partial charge in [-0.2, -0.15) is 0 Å². The van der Waals surface area contributed by atoms with Gasteiger partial charge in [0, 0.05) is 18.9 Å². The molecule has 0 aromatic heterocycles. The van der Waals surface area contributed by atoms with Gasteiger partial charge in [-0.25, -0.2) is 0 Å². The predicted octanol–water partition coefficient (Wildman–Crippen LogP) is 6.18. The number of rotatable bonds is 10. The van der Waals surface area contributed by atoms with E-state index in [0.717, 1.165) is 42.9 Å². The first-order chi connectivity index (χ1) is 16.2. The summed E-state index contributed by atoms with van der Waals surface area (Å²) in [6.07, 6.45) is 5.33. The zero-order valence-corrected chi connectivity index (χ0v) is 19.8. The van der Waals surface area contributed by atoms with E-state index in [2.05, 4.69) is 78.6 Å². The minimum atomic E-state index is -1.04. The van der Waals surface area contributed by atoms with Crippen LogP contribution >= 0.6 is 0 Å². The van der Waals surface area contributed by atoms with Crippen LogP contribution in [-0.2, 0) is 12.0 Å². The van der Waals surface area contributed by atoms with Gasteiger partial charge in [-0.05, 0) is 61.2 Å². The smallest absolute Gasteiger partial charge is 0.119 e. The highest BCUT2D eigenvalue weighted by Gasteiger charge is 2.40. The number of likely N-dealkylation sites (tertiary alicyclic amines) is 1. The molecule has 3 nitrogen and oxygen atoms in total. The van der Waals surface area contributed by atoms with Crippen LogP contribution in [0.1, 0.15) is 55.2 Å². The average Bonchev–Trinajstić information content (AvgIpc) is 2.88. The Morgan fingerprint density at radius 3 is 2.12 bits per heavy atom. The van der Waals surface area contributed by atoms with Gasteiger partial charge in [-0.3, -0.25) is 0 Å². The Hall–Kier alpha value is -2.62. The Labute approximate surface area is 199 Å². The second-order valence-corrected chi connectivity index (χ2v) is 9.28. The fourth-order valence-electron chi connectivity index (χ4n) is 5.01. The number of nitrogens with zero attached hydrogens (tertiary/aromatic N) is 1. The first kappa shape index (κ1) is 23.5. The van der Waals surface area contributed by atoms with Crippen LogP contribution in [0.5, 0.6) is 5.75 Å². The molecule has 3 heteroatoms. The zero-order chi connectivity index (χ0) is 22.9. The van der Waals surface area contributed by atoms with Crippen molar-refractivity contribution in [3.05, 3.63) is 102 Å². The van der Waals surface area contributed by atoms with E-state index in [4.69, 9.17) is 4.74 Å². The van der Waals surface area contributed by atoms with E-state index in [-0.39, 0.29) is 5.92 Å². The van der Waals surface area contributed by atoms with Gasteiger partial charge in [0.25, 0.3) is 0 Å². The summed E-state index contributed by atoms with van der Waals surface area (Å²) in [4.78, 5) is 2.54. The molecule has 0 bridgehead atoms. The van der Waals surface area contributed by atoms with E-state index in [9.17, 15) is 5.11 Å². The van der Waals surface area contributed by atoms with Gasteiger partial charge in [0.2, 0.25) is 0 Å². The number of benzene rings is 3. The lowest BCUT2D eigenvalue weighted by atomic mass is 9.73. The van der Waals surface area contributed by atoms with E-state index in [1.807, 2.05) is 18.2 Å². The molecule has 1 heterocycles. The molecule has 0 radical (unpaired) electrons. The second-order valence-electron chi connectivity index (χ2n) is 9.28. The monoisotopic (exact) mass is 443 g/mol. The highest BCUT2D eigenvalue weighted by atomic mass is 16.5. The number of hydrogen-bond donors (Lipinski definition) is 1. The topological polar surface area (TPSA) is 32.7 Å². The van der Waals surface area contributed by atoms with Crippen LogP contribution < -0.4 is 4.74 Å². The molecule has 3 aromatic rings. The maximum atomic E-state index is 12.6. The Balaban J connectivity index is 1.74. The van der Waals surface area contributed by atoms with Gasteiger partial charge in [-0.15, -0.1) is 0 Å². The second kappa shape index (κ2) is 11.5. The third-order valence-corrected chi connectivity index (χ3v) is 6.81. The molecule has 1 saturated heterocycles. The van der Waals surface area contributed by atoms with Gasteiger partial charge in [0.05, 0.1) is 6.61 Å². The molecule has 174 valence electrons. The molecule has 33 heavy (non-hydrogen) atoms. The summed E-state index contributed by atoms with van der Waals surface area (Å²) < 4.78 is 5.82. The van der Waals surface area contributed by atoms with Gasteiger partial charge in [0.1, 0.15) is 11.4 Å². The molecule has 4 rings (SSSR count). The summed E-state index contributed by atoms with van der Waals surface area (Å²) in [6, 6.07) is 29.1. The molecule has 0 spiro atoms. The first-order valence-electron chi connectivity index (χ1n) is 12.5. The van der Waals surface area contributed by atoms with Crippen molar-refractivity contribution >= 4 is 0 Å². The number of hydrogen-bond acceptors (Lipinski definition) is 3. The van der Waals surface area contributed by atoms with Gasteiger partial charge >= 0.3 is 0 Å². The van der Waals surface area contributed by atoms with Crippen molar-refractivity contribution in [2.45, 2.75) is 50.5 Å². The normalized spacial score (nSPS) is 17.3. The largest absolute Gasteiger partial charge is 0.494 e. The Kier molecular flexibility index (Phi) is 8.20. The summed E-state index contributed by atoms with van der Waals surface area (Å²) >= 11 is 0. The lowest BCUT2D eigenvalue weighted by Crippen LogP contribution is -2.44. The van der Waals surface area contributed by atoms with Crippen molar-refractivity contribution in [1.29, 1.82) is 0 Å². The molecule has 1 aliphatic heterocycles. The maximum absolute atomic E-state index is 12.6. The SMILES string of the molecule is CCCOc1ccc([C@](O)(Cc2ccccc2)[C@H](CN2CCCCC2)c2ccccc2)cc1. The molecule has 1 N–H and O–H groups in total. The molecule has 0 saturated carbocycles. The highest BCUT2D eigenvalue weighted by molar-refractivity contribution is 5.37. The molecular weight excluding hydrogens is 406 g/mol. The average molecular weight is 444 g/mol. The minimum Gasteiger partial charge on any atom is -0.494 e. The molecule has 0 amide bonds. The van der Waals surface area contributed by atoms with Crippen molar-refractivity contribution in [3.8, 4) is 5.75 Å². The van der Waals surface area contributed by atoms with Crippen molar-refractivity contribution in [2.24, 2.45) is 0 Å². The Morgan fingerprint density at radius 1 is 0.848 bits per heavy atom. The number of aliphatic hydroxyl groups is 1. The van der Waals surface area contributed by atoms with E-state index >= 15 is 0 Å².